The molecule has 1 heterocycles. The van der Waals surface area contributed by atoms with Gasteiger partial charge in [0.05, 0.1) is 6.04 Å². The molecule has 0 fully saturated rings. The highest BCUT2D eigenvalue weighted by molar-refractivity contribution is 7.80. The van der Waals surface area contributed by atoms with Crippen LogP contribution in [0.2, 0.25) is 10.0 Å². The number of rotatable bonds is 4. The molecule has 1 atom stereocenters. The van der Waals surface area contributed by atoms with E-state index in [1.807, 2.05) is 17.9 Å². The molecule has 0 aliphatic carbocycles. The van der Waals surface area contributed by atoms with Crippen molar-refractivity contribution in [3.05, 3.63) is 45.1 Å². The Morgan fingerprint density at radius 2 is 2.09 bits per heavy atom. The van der Waals surface area contributed by atoms with Crippen LogP contribution in [0.25, 0.3) is 0 Å². The van der Waals surface area contributed by atoms with Gasteiger partial charge >= 0.3 is 0 Å². The van der Waals surface area contributed by atoms with E-state index in [1.54, 1.807) is 19.1 Å². The molecule has 1 N–H and O–H groups in total. The van der Waals surface area contributed by atoms with Gasteiger partial charge in [0.1, 0.15) is 0 Å². The maximum atomic E-state index is 12.2. The van der Waals surface area contributed by atoms with Gasteiger partial charge in [0, 0.05) is 27.9 Å². The third-order valence-corrected chi connectivity index (χ3v) is 4.60. The number of nitrogens with zero attached hydrogens (tertiary/aromatic N) is 1. The number of hydrogen-bond acceptors (Lipinski definition) is 2. The van der Waals surface area contributed by atoms with Crippen LogP contribution in [-0.4, -0.2) is 22.3 Å². The molecule has 118 valence electrons. The summed E-state index contributed by atoms with van der Waals surface area (Å²) in [6, 6.07) is 4.92. The third-order valence-electron chi connectivity index (χ3n) is 3.70. The molecule has 0 saturated carbocycles. The number of Topliss-reactive ketones (excluding diaryl/α,β-unsaturated/α-hetero) is 1. The first-order valence-electron chi connectivity index (χ1n) is 7.11. The fourth-order valence-corrected chi connectivity index (χ4v) is 3.56. The van der Waals surface area contributed by atoms with Crippen molar-refractivity contribution in [3.8, 4) is 0 Å². The summed E-state index contributed by atoms with van der Waals surface area (Å²) in [5, 5.41) is 4.93. The number of nitrogens with one attached hydrogen (secondary N) is 1. The average molecular weight is 357 g/mol. The van der Waals surface area contributed by atoms with Gasteiger partial charge in [0.2, 0.25) is 0 Å². The molecule has 3 nitrogen and oxygen atoms in total. The topological polar surface area (TPSA) is 32.3 Å². The Morgan fingerprint density at radius 3 is 2.64 bits per heavy atom. The molecule has 1 aromatic rings. The first kappa shape index (κ1) is 17.3. The summed E-state index contributed by atoms with van der Waals surface area (Å²) in [5.74, 6) is 0.00428. The maximum absolute atomic E-state index is 12.2. The SMILES string of the molecule is CCCN1C(=S)NC(c2ccc(Cl)cc2Cl)C(C(C)=O)=C1C. The molecule has 22 heavy (non-hydrogen) atoms. The van der Waals surface area contributed by atoms with Gasteiger partial charge in [-0.05, 0) is 50.2 Å². The zero-order chi connectivity index (χ0) is 16.4. The minimum Gasteiger partial charge on any atom is -0.351 e. The van der Waals surface area contributed by atoms with Crippen LogP contribution in [0.3, 0.4) is 0 Å². The van der Waals surface area contributed by atoms with Crippen molar-refractivity contribution < 1.29 is 4.79 Å². The van der Waals surface area contributed by atoms with Gasteiger partial charge in [-0.15, -0.1) is 0 Å². The van der Waals surface area contributed by atoms with Crippen LogP contribution in [0.4, 0.5) is 0 Å². The van der Waals surface area contributed by atoms with E-state index in [9.17, 15) is 4.79 Å². The van der Waals surface area contributed by atoms with Crippen molar-refractivity contribution in [3.63, 3.8) is 0 Å². The summed E-state index contributed by atoms with van der Waals surface area (Å²) >= 11 is 17.7. The fourth-order valence-electron chi connectivity index (χ4n) is 2.70. The Kier molecular flexibility index (Phi) is 5.48. The molecule has 2 rings (SSSR count). The smallest absolute Gasteiger partial charge is 0.173 e. The molecular weight excluding hydrogens is 339 g/mol. The summed E-state index contributed by atoms with van der Waals surface area (Å²) in [6.07, 6.45) is 0.941. The fraction of sp³-hybridized carbons (Fsp3) is 0.375. The van der Waals surface area contributed by atoms with Crippen LogP contribution in [0, 0.1) is 0 Å². The van der Waals surface area contributed by atoms with Crippen LogP contribution >= 0.6 is 35.4 Å². The van der Waals surface area contributed by atoms with Crippen LogP contribution in [0.1, 0.15) is 38.8 Å². The average Bonchev–Trinajstić information content (AvgIpc) is 2.42. The van der Waals surface area contributed by atoms with Crippen molar-refractivity contribution in [2.24, 2.45) is 0 Å². The lowest BCUT2D eigenvalue weighted by atomic mass is 9.92. The van der Waals surface area contributed by atoms with Gasteiger partial charge < -0.3 is 10.2 Å². The number of ketones is 1. The number of allylic oxidation sites excluding steroid dienone is 1. The lowest BCUT2D eigenvalue weighted by molar-refractivity contribution is -0.114. The molecule has 1 aliphatic heterocycles. The second kappa shape index (κ2) is 6.99. The van der Waals surface area contributed by atoms with Gasteiger partial charge in [-0.2, -0.15) is 0 Å². The van der Waals surface area contributed by atoms with Crippen molar-refractivity contribution >= 4 is 46.3 Å². The number of carbonyl (C=O) groups is 1. The lowest BCUT2D eigenvalue weighted by Gasteiger charge is -2.38. The molecule has 1 aromatic carbocycles. The summed E-state index contributed by atoms with van der Waals surface area (Å²) in [6.45, 7) is 6.34. The molecule has 0 bridgehead atoms. The molecular formula is C16H18Cl2N2OS. The van der Waals surface area contributed by atoms with Gasteiger partial charge in [-0.3, -0.25) is 4.79 Å². The van der Waals surface area contributed by atoms with Crippen LogP contribution in [0.15, 0.2) is 29.5 Å². The minimum absolute atomic E-state index is 0.00428. The van der Waals surface area contributed by atoms with Crippen molar-refractivity contribution in [1.82, 2.24) is 10.2 Å². The lowest BCUT2D eigenvalue weighted by Crippen LogP contribution is -2.47. The van der Waals surface area contributed by atoms with E-state index in [0.717, 1.165) is 24.2 Å². The zero-order valence-electron chi connectivity index (χ0n) is 12.7. The standard InChI is InChI=1S/C16H18Cl2N2OS/c1-4-7-20-9(2)14(10(3)21)15(19-16(20)22)12-6-5-11(17)8-13(12)18/h5-6,8,15H,4,7H2,1-3H3,(H,19,22). The number of thiocarbonyl (C=S) groups is 1. The van der Waals surface area contributed by atoms with Crippen LogP contribution in [0.5, 0.6) is 0 Å². The Balaban J connectivity index is 2.55. The van der Waals surface area contributed by atoms with Crippen LogP contribution in [-0.2, 0) is 4.79 Å². The van der Waals surface area contributed by atoms with Crippen LogP contribution < -0.4 is 5.32 Å². The Morgan fingerprint density at radius 1 is 1.41 bits per heavy atom. The second-order valence-corrected chi connectivity index (χ2v) is 6.49. The quantitative estimate of drug-likeness (QED) is 0.805. The highest BCUT2D eigenvalue weighted by Gasteiger charge is 2.32. The third kappa shape index (κ3) is 3.29. The maximum Gasteiger partial charge on any atom is 0.173 e. The Hall–Kier alpha value is -1.10. The summed E-state index contributed by atoms with van der Waals surface area (Å²) < 4.78 is 0. The van der Waals surface area contributed by atoms with Gasteiger partial charge in [-0.25, -0.2) is 0 Å². The van der Waals surface area contributed by atoms with E-state index in [4.69, 9.17) is 35.4 Å². The number of halogens is 2. The highest BCUT2D eigenvalue weighted by atomic mass is 35.5. The van der Waals surface area contributed by atoms with Crippen molar-refractivity contribution in [2.75, 3.05) is 6.54 Å². The molecule has 0 aromatic heterocycles. The molecule has 6 heteroatoms. The first-order chi connectivity index (χ1) is 10.4. The number of hydrogen-bond donors (Lipinski definition) is 1. The van der Waals surface area contributed by atoms with Gasteiger partial charge in [0.25, 0.3) is 0 Å². The molecule has 1 unspecified atom stereocenters. The van der Waals surface area contributed by atoms with E-state index in [-0.39, 0.29) is 11.8 Å². The molecule has 0 amide bonds. The molecule has 1 aliphatic rings. The highest BCUT2D eigenvalue weighted by Crippen LogP contribution is 2.35. The van der Waals surface area contributed by atoms with E-state index < -0.39 is 0 Å². The molecule has 0 spiro atoms. The largest absolute Gasteiger partial charge is 0.351 e. The molecule has 0 saturated heterocycles. The van der Waals surface area contributed by atoms with E-state index in [2.05, 4.69) is 12.2 Å². The second-order valence-electron chi connectivity index (χ2n) is 5.26. The number of carbonyl (C=O) groups excluding carboxylic acids is 1. The summed E-state index contributed by atoms with van der Waals surface area (Å²) in [4.78, 5) is 14.2. The normalized spacial score (nSPS) is 18.5. The van der Waals surface area contributed by atoms with E-state index in [0.29, 0.717) is 20.7 Å². The van der Waals surface area contributed by atoms with Crippen molar-refractivity contribution in [2.45, 2.75) is 33.2 Å². The monoisotopic (exact) mass is 356 g/mol. The summed E-state index contributed by atoms with van der Waals surface area (Å²) in [5.41, 5.74) is 2.37. The molecule has 0 radical (unpaired) electrons. The zero-order valence-corrected chi connectivity index (χ0v) is 15.1. The Bertz CT molecular complexity index is 658. The van der Waals surface area contributed by atoms with E-state index >= 15 is 0 Å². The summed E-state index contributed by atoms with van der Waals surface area (Å²) in [7, 11) is 0. The predicted molar refractivity (Wildman–Crippen MR) is 95.3 cm³/mol. The number of benzene rings is 1. The Labute approximate surface area is 146 Å². The van der Waals surface area contributed by atoms with E-state index in [1.165, 1.54) is 0 Å². The minimum atomic E-state index is -0.345. The van der Waals surface area contributed by atoms with Gasteiger partial charge in [0.15, 0.2) is 10.9 Å². The van der Waals surface area contributed by atoms with Gasteiger partial charge in [-0.1, -0.05) is 36.2 Å². The van der Waals surface area contributed by atoms with Crippen molar-refractivity contribution in [1.29, 1.82) is 0 Å². The predicted octanol–water partition coefficient (Wildman–Crippen LogP) is 4.50. The first-order valence-corrected chi connectivity index (χ1v) is 8.27.